The van der Waals surface area contributed by atoms with Gasteiger partial charge in [0.05, 0.1) is 26.3 Å². The van der Waals surface area contributed by atoms with Crippen molar-refractivity contribution in [3.63, 3.8) is 0 Å². The lowest BCUT2D eigenvalue weighted by molar-refractivity contribution is -0.119. The monoisotopic (exact) mass is 364 g/mol. The van der Waals surface area contributed by atoms with Gasteiger partial charge in [-0.2, -0.15) is 0 Å². The third-order valence-corrected chi connectivity index (χ3v) is 3.64. The number of benzene rings is 2. The van der Waals surface area contributed by atoms with Crippen molar-refractivity contribution in [1.82, 2.24) is 5.32 Å². The molecule has 2 aromatic carbocycles. The Morgan fingerprint density at radius 3 is 2.46 bits per heavy atom. The van der Waals surface area contributed by atoms with Crippen LogP contribution in [0, 0.1) is 0 Å². The van der Waals surface area contributed by atoms with Crippen molar-refractivity contribution in [1.29, 1.82) is 0 Å². The van der Waals surface area contributed by atoms with E-state index in [-0.39, 0.29) is 17.4 Å². The number of halogens is 1. The van der Waals surface area contributed by atoms with Crippen LogP contribution in [0.3, 0.4) is 0 Å². The molecule has 0 aliphatic rings. The molecule has 24 heavy (non-hydrogen) atoms. The van der Waals surface area contributed by atoms with Gasteiger partial charge < -0.3 is 20.1 Å². The van der Waals surface area contributed by atoms with Crippen LogP contribution < -0.4 is 20.1 Å². The van der Waals surface area contributed by atoms with Crippen molar-refractivity contribution >= 4 is 40.5 Å². The third-order valence-electron chi connectivity index (χ3n) is 3.19. The Hall–Kier alpha value is -2.31. The number of thiocarbonyl (C=S) groups is 1. The Morgan fingerprint density at radius 2 is 1.83 bits per heavy atom. The summed E-state index contributed by atoms with van der Waals surface area (Å²) in [6, 6.07) is 12.3. The summed E-state index contributed by atoms with van der Waals surface area (Å²) in [5.41, 5.74) is 1.45. The van der Waals surface area contributed by atoms with E-state index in [9.17, 15) is 4.79 Å². The highest BCUT2D eigenvalue weighted by molar-refractivity contribution is 7.80. The molecule has 126 valence electrons. The van der Waals surface area contributed by atoms with Gasteiger partial charge in [0.2, 0.25) is 5.91 Å². The van der Waals surface area contributed by atoms with E-state index in [1.165, 1.54) is 0 Å². The Morgan fingerprint density at radius 1 is 1.12 bits per heavy atom. The molecule has 7 heteroatoms. The van der Waals surface area contributed by atoms with Crippen LogP contribution in [0.2, 0.25) is 5.02 Å². The Balaban J connectivity index is 1.97. The van der Waals surface area contributed by atoms with Crippen molar-refractivity contribution < 1.29 is 14.3 Å². The Labute approximate surface area is 150 Å². The lowest BCUT2D eigenvalue weighted by atomic mass is 10.1. The summed E-state index contributed by atoms with van der Waals surface area (Å²) in [6.07, 6.45) is 0.203. The van der Waals surface area contributed by atoms with E-state index in [1.807, 2.05) is 0 Å². The number of ether oxygens (including phenoxy) is 2. The number of hydrogen-bond donors (Lipinski definition) is 2. The molecule has 0 saturated heterocycles. The number of nitrogens with one attached hydrogen (secondary N) is 2. The topological polar surface area (TPSA) is 59.6 Å². The molecule has 0 aliphatic heterocycles. The van der Waals surface area contributed by atoms with E-state index in [4.69, 9.17) is 33.3 Å². The van der Waals surface area contributed by atoms with Gasteiger partial charge in [-0.05, 0) is 42.0 Å². The maximum Gasteiger partial charge on any atom is 0.230 e. The fourth-order valence-corrected chi connectivity index (χ4v) is 2.37. The Kier molecular flexibility index (Phi) is 6.40. The molecule has 0 bridgehead atoms. The number of anilines is 1. The van der Waals surface area contributed by atoms with Crippen molar-refractivity contribution in [2.75, 3.05) is 19.5 Å². The summed E-state index contributed by atoms with van der Waals surface area (Å²) in [5, 5.41) is 6.38. The second kappa shape index (κ2) is 8.52. The molecule has 2 aromatic rings. The molecule has 0 atom stereocenters. The Bertz CT molecular complexity index is 735. The van der Waals surface area contributed by atoms with Gasteiger partial charge in [0.1, 0.15) is 11.5 Å². The van der Waals surface area contributed by atoms with Crippen molar-refractivity contribution in [2.24, 2.45) is 0 Å². The van der Waals surface area contributed by atoms with Crippen molar-refractivity contribution in [3.05, 3.63) is 53.1 Å². The van der Waals surface area contributed by atoms with E-state index in [1.54, 1.807) is 56.7 Å². The van der Waals surface area contributed by atoms with E-state index >= 15 is 0 Å². The van der Waals surface area contributed by atoms with Crippen LogP contribution in [0.25, 0.3) is 0 Å². The molecule has 1 amide bonds. The molecule has 5 nitrogen and oxygen atoms in total. The largest absolute Gasteiger partial charge is 0.497 e. The zero-order valence-electron chi connectivity index (χ0n) is 13.3. The average Bonchev–Trinajstić information content (AvgIpc) is 2.56. The molecule has 0 radical (unpaired) electrons. The molecule has 0 unspecified atom stereocenters. The summed E-state index contributed by atoms with van der Waals surface area (Å²) < 4.78 is 10.4. The quantitative estimate of drug-likeness (QED) is 0.796. The number of rotatable bonds is 5. The first kappa shape index (κ1) is 18.0. The zero-order valence-corrected chi connectivity index (χ0v) is 14.8. The minimum Gasteiger partial charge on any atom is -0.497 e. The van der Waals surface area contributed by atoms with Crippen LogP contribution in [-0.4, -0.2) is 25.2 Å². The fourth-order valence-electron chi connectivity index (χ4n) is 2.02. The van der Waals surface area contributed by atoms with Gasteiger partial charge in [0.15, 0.2) is 5.11 Å². The van der Waals surface area contributed by atoms with E-state index in [0.717, 1.165) is 5.56 Å². The summed E-state index contributed by atoms with van der Waals surface area (Å²) in [7, 11) is 3.12. The number of hydrogen-bond acceptors (Lipinski definition) is 4. The first-order chi connectivity index (χ1) is 11.5. The zero-order chi connectivity index (χ0) is 17.5. The summed E-state index contributed by atoms with van der Waals surface area (Å²) in [6.45, 7) is 0. The number of methoxy groups -OCH3 is 2. The smallest absolute Gasteiger partial charge is 0.230 e. The molecular weight excluding hydrogens is 348 g/mol. The number of amides is 1. The van der Waals surface area contributed by atoms with Crippen LogP contribution >= 0.6 is 23.8 Å². The standard InChI is InChI=1S/C17H17ClN2O3S/c1-22-13-7-8-15(23-2)14(10-13)19-17(24)20-16(21)9-11-3-5-12(18)6-4-11/h3-8,10H,9H2,1-2H3,(H2,19,20,21,24). The molecule has 0 saturated carbocycles. The van der Waals surface area contributed by atoms with Gasteiger partial charge in [0, 0.05) is 11.1 Å². The molecule has 2 N–H and O–H groups in total. The predicted octanol–water partition coefficient (Wildman–Crippen LogP) is 3.41. The van der Waals surface area contributed by atoms with Crippen LogP contribution in [0.15, 0.2) is 42.5 Å². The molecule has 0 aromatic heterocycles. The molecule has 0 aliphatic carbocycles. The minimum absolute atomic E-state index is 0.181. The summed E-state index contributed by atoms with van der Waals surface area (Å²) >= 11 is 11.0. The highest BCUT2D eigenvalue weighted by atomic mass is 35.5. The minimum atomic E-state index is -0.225. The maximum absolute atomic E-state index is 12.0. The second-order valence-corrected chi connectivity index (χ2v) is 5.72. The van der Waals surface area contributed by atoms with E-state index < -0.39 is 0 Å². The van der Waals surface area contributed by atoms with Gasteiger partial charge in [-0.25, -0.2) is 0 Å². The van der Waals surface area contributed by atoms with Gasteiger partial charge in [-0.1, -0.05) is 23.7 Å². The molecular formula is C17H17ClN2O3S. The molecule has 0 spiro atoms. The van der Waals surface area contributed by atoms with Gasteiger partial charge in [-0.3, -0.25) is 4.79 Å². The third kappa shape index (κ3) is 5.11. The first-order valence-corrected chi connectivity index (χ1v) is 7.87. The maximum atomic E-state index is 12.0. The predicted molar refractivity (Wildman–Crippen MR) is 99.1 cm³/mol. The van der Waals surface area contributed by atoms with Crippen LogP contribution in [0.4, 0.5) is 5.69 Å². The van der Waals surface area contributed by atoms with Crippen molar-refractivity contribution in [2.45, 2.75) is 6.42 Å². The SMILES string of the molecule is COc1ccc(OC)c(NC(=S)NC(=O)Cc2ccc(Cl)cc2)c1. The van der Waals surface area contributed by atoms with Crippen LogP contribution in [-0.2, 0) is 11.2 Å². The highest BCUT2D eigenvalue weighted by Gasteiger charge is 2.10. The number of carbonyl (C=O) groups excluding carboxylic acids is 1. The van der Waals surface area contributed by atoms with E-state index in [2.05, 4.69) is 10.6 Å². The fraction of sp³-hybridized carbons (Fsp3) is 0.176. The summed E-state index contributed by atoms with van der Waals surface area (Å²) in [4.78, 5) is 12.0. The summed E-state index contributed by atoms with van der Waals surface area (Å²) in [5.74, 6) is 1.01. The van der Waals surface area contributed by atoms with Gasteiger partial charge in [0.25, 0.3) is 0 Å². The molecule has 2 rings (SSSR count). The first-order valence-electron chi connectivity index (χ1n) is 7.09. The molecule has 0 heterocycles. The lowest BCUT2D eigenvalue weighted by Gasteiger charge is -2.14. The normalized spacial score (nSPS) is 9.96. The lowest BCUT2D eigenvalue weighted by Crippen LogP contribution is -2.35. The average molecular weight is 365 g/mol. The van der Waals surface area contributed by atoms with Gasteiger partial charge >= 0.3 is 0 Å². The van der Waals surface area contributed by atoms with Crippen molar-refractivity contribution in [3.8, 4) is 11.5 Å². The number of carbonyl (C=O) groups is 1. The second-order valence-electron chi connectivity index (χ2n) is 4.87. The van der Waals surface area contributed by atoms with Crippen LogP contribution in [0.1, 0.15) is 5.56 Å². The van der Waals surface area contributed by atoms with E-state index in [0.29, 0.717) is 22.2 Å². The molecule has 0 fully saturated rings. The van der Waals surface area contributed by atoms with Gasteiger partial charge in [-0.15, -0.1) is 0 Å². The van der Waals surface area contributed by atoms with Crippen LogP contribution in [0.5, 0.6) is 11.5 Å². The highest BCUT2D eigenvalue weighted by Crippen LogP contribution is 2.28.